The maximum absolute atomic E-state index is 12.0. The van der Waals surface area contributed by atoms with Gasteiger partial charge in [-0.2, -0.15) is 5.10 Å². The van der Waals surface area contributed by atoms with Gasteiger partial charge in [-0.15, -0.1) is 5.10 Å². The maximum atomic E-state index is 12.0. The Labute approximate surface area is 147 Å². The number of nitrogens with one attached hydrogen (secondary N) is 1. The highest BCUT2D eigenvalue weighted by Crippen LogP contribution is 2.10. The first-order chi connectivity index (χ1) is 11.6. The molecule has 3 rings (SSSR count). The van der Waals surface area contributed by atoms with Crippen molar-refractivity contribution >= 4 is 27.8 Å². The Morgan fingerprint density at radius 1 is 1.29 bits per heavy atom. The molecule has 1 aromatic carbocycles. The Hall–Kier alpha value is -2.48. The first kappa shape index (κ1) is 16.4. The van der Waals surface area contributed by atoms with E-state index in [1.165, 1.54) is 11.1 Å². The van der Waals surface area contributed by atoms with Crippen LogP contribution in [-0.4, -0.2) is 30.5 Å². The van der Waals surface area contributed by atoms with Gasteiger partial charge in [-0.25, -0.2) is 9.67 Å². The molecule has 2 heterocycles. The van der Waals surface area contributed by atoms with E-state index in [-0.39, 0.29) is 5.91 Å². The number of hydrogen-bond acceptors (Lipinski definition) is 4. The highest BCUT2D eigenvalue weighted by Gasteiger charge is 2.08. The van der Waals surface area contributed by atoms with Crippen molar-refractivity contribution in [3.63, 3.8) is 0 Å². The van der Waals surface area contributed by atoms with Crippen molar-refractivity contribution in [1.82, 2.24) is 24.5 Å². The zero-order chi connectivity index (χ0) is 16.9. The van der Waals surface area contributed by atoms with Crippen LogP contribution in [0.15, 0.2) is 47.5 Å². The van der Waals surface area contributed by atoms with E-state index in [0.717, 1.165) is 4.47 Å². The van der Waals surface area contributed by atoms with Gasteiger partial charge in [0.25, 0.3) is 0 Å². The van der Waals surface area contributed by atoms with Gasteiger partial charge in [-0.05, 0) is 34.0 Å². The van der Waals surface area contributed by atoms with Crippen LogP contribution in [0.3, 0.4) is 0 Å². The number of aromatic nitrogens is 5. The van der Waals surface area contributed by atoms with Gasteiger partial charge >= 0.3 is 0 Å². The lowest BCUT2D eigenvalue weighted by atomic mass is 10.1. The second kappa shape index (κ2) is 7.39. The van der Waals surface area contributed by atoms with Crippen LogP contribution in [0, 0.1) is 6.92 Å². The molecule has 7 nitrogen and oxygen atoms in total. The fraction of sp³-hybridized carbons (Fsp3) is 0.250. The summed E-state index contributed by atoms with van der Waals surface area (Å²) in [6, 6.07) is 8.11. The Bertz CT molecular complexity index is 840. The van der Waals surface area contributed by atoms with Crippen molar-refractivity contribution in [3.8, 4) is 0 Å². The van der Waals surface area contributed by atoms with Crippen molar-refractivity contribution in [1.29, 1.82) is 0 Å². The topological polar surface area (TPSA) is 77.6 Å². The van der Waals surface area contributed by atoms with Gasteiger partial charge in [0.2, 0.25) is 11.9 Å². The fourth-order valence-corrected chi connectivity index (χ4v) is 2.58. The molecule has 0 spiro atoms. The molecular formula is C16H17BrN6O. The summed E-state index contributed by atoms with van der Waals surface area (Å²) in [6.45, 7) is 3.18. The van der Waals surface area contributed by atoms with E-state index >= 15 is 0 Å². The van der Waals surface area contributed by atoms with Crippen molar-refractivity contribution < 1.29 is 4.79 Å². The number of aryl methyl sites for hydroxylation is 2. The lowest BCUT2D eigenvalue weighted by Crippen LogP contribution is -2.16. The summed E-state index contributed by atoms with van der Waals surface area (Å²) < 4.78 is 4.30. The molecule has 0 unspecified atom stereocenters. The normalized spacial score (nSPS) is 10.8. The van der Waals surface area contributed by atoms with Crippen LogP contribution in [0.5, 0.6) is 0 Å². The van der Waals surface area contributed by atoms with Gasteiger partial charge < -0.3 is 0 Å². The average molecular weight is 389 g/mol. The smallest absolute Gasteiger partial charge is 0.248 e. The third-order valence-corrected chi connectivity index (χ3v) is 3.96. The minimum atomic E-state index is -0.143. The van der Waals surface area contributed by atoms with E-state index in [2.05, 4.69) is 55.5 Å². The van der Waals surface area contributed by atoms with Crippen molar-refractivity contribution in [2.24, 2.45) is 0 Å². The highest BCUT2D eigenvalue weighted by molar-refractivity contribution is 9.10. The minimum absolute atomic E-state index is 0.143. The monoisotopic (exact) mass is 388 g/mol. The number of amides is 1. The predicted octanol–water partition coefficient (Wildman–Crippen LogP) is 2.62. The number of carbonyl (C=O) groups excluding carboxylic acids is 1. The first-order valence-electron chi connectivity index (χ1n) is 7.52. The second-order valence-electron chi connectivity index (χ2n) is 5.41. The zero-order valence-electron chi connectivity index (χ0n) is 13.2. The molecule has 3 aromatic rings. The summed E-state index contributed by atoms with van der Waals surface area (Å²) in [5.74, 6) is 0.172. The summed E-state index contributed by atoms with van der Waals surface area (Å²) in [5.41, 5.74) is 2.37. The number of hydrogen-bond donors (Lipinski definition) is 1. The molecule has 0 saturated heterocycles. The van der Waals surface area contributed by atoms with Crippen LogP contribution in [0.25, 0.3) is 0 Å². The third kappa shape index (κ3) is 4.29. The lowest BCUT2D eigenvalue weighted by molar-refractivity contribution is -0.116. The molecule has 8 heteroatoms. The molecule has 0 bridgehead atoms. The third-order valence-electron chi connectivity index (χ3n) is 3.55. The maximum Gasteiger partial charge on any atom is 0.248 e. The number of nitrogens with zero attached hydrogens (tertiary/aromatic N) is 5. The molecule has 0 fully saturated rings. The molecule has 1 N–H and O–H groups in total. The molecule has 2 aromatic heterocycles. The quantitative estimate of drug-likeness (QED) is 0.703. The van der Waals surface area contributed by atoms with E-state index in [4.69, 9.17) is 0 Å². The lowest BCUT2D eigenvalue weighted by Gasteiger charge is -2.04. The number of carbonyl (C=O) groups is 1. The number of halogens is 1. The molecule has 0 aliphatic rings. The molecule has 0 saturated carbocycles. The molecule has 0 radical (unpaired) electrons. The van der Waals surface area contributed by atoms with Gasteiger partial charge in [-0.3, -0.25) is 14.8 Å². The minimum Gasteiger partial charge on any atom is -0.293 e. The van der Waals surface area contributed by atoms with E-state index in [0.29, 0.717) is 25.5 Å². The zero-order valence-corrected chi connectivity index (χ0v) is 14.8. The van der Waals surface area contributed by atoms with Gasteiger partial charge in [0.1, 0.15) is 6.33 Å². The van der Waals surface area contributed by atoms with E-state index in [1.54, 1.807) is 21.9 Å². The van der Waals surface area contributed by atoms with Crippen molar-refractivity contribution in [2.75, 3.05) is 5.32 Å². The summed E-state index contributed by atoms with van der Waals surface area (Å²) in [6.07, 6.45) is 5.43. The van der Waals surface area contributed by atoms with E-state index in [9.17, 15) is 4.79 Å². The predicted molar refractivity (Wildman–Crippen MR) is 93.5 cm³/mol. The standard InChI is InChI=1S/C16H17BrN6O/c1-12-4-2-3-5-13(12)9-23-11-18-16(21-23)20-15(24)6-7-22-10-14(17)8-19-22/h2-5,8,10-11H,6-7,9H2,1H3,(H,20,21,24). The Morgan fingerprint density at radius 2 is 2.12 bits per heavy atom. The van der Waals surface area contributed by atoms with Crippen LogP contribution >= 0.6 is 15.9 Å². The van der Waals surface area contributed by atoms with E-state index < -0.39 is 0 Å². The van der Waals surface area contributed by atoms with Crippen molar-refractivity contribution in [2.45, 2.75) is 26.4 Å². The van der Waals surface area contributed by atoms with Crippen LogP contribution in [0.4, 0.5) is 5.95 Å². The van der Waals surface area contributed by atoms with Gasteiger partial charge in [-0.1, -0.05) is 24.3 Å². The number of benzene rings is 1. The van der Waals surface area contributed by atoms with Gasteiger partial charge in [0.15, 0.2) is 0 Å². The van der Waals surface area contributed by atoms with Crippen LogP contribution in [0.1, 0.15) is 17.5 Å². The molecule has 0 atom stereocenters. The Kier molecular flexibility index (Phi) is 5.05. The van der Waals surface area contributed by atoms with Crippen LogP contribution in [0.2, 0.25) is 0 Å². The molecule has 24 heavy (non-hydrogen) atoms. The highest BCUT2D eigenvalue weighted by atomic mass is 79.9. The summed E-state index contributed by atoms with van der Waals surface area (Å²) in [7, 11) is 0. The van der Waals surface area contributed by atoms with Crippen molar-refractivity contribution in [3.05, 3.63) is 58.6 Å². The van der Waals surface area contributed by atoms with Crippen LogP contribution in [-0.2, 0) is 17.9 Å². The van der Waals surface area contributed by atoms with Crippen LogP contribution < -0.4 is 5.32 Å². The second-order valence-corrected chi connectivity index (χ2v) is 6.33. The van der Waals surface area contributed by atoms with Gasteiger partial charge in [0, 0.05) is 19.2 Å². The molecule has 124 valence electrons. The fourth-order valence-electron chi connectivity index (χ4n) is 2.25. The number of rotatable bonds is 6. The summed E-state index contributed by atoms with van der Waals surface area (Å²) in [5, 5.41) is 11.1. The van der Waals surface area contributed by atoms with E-state index in [1.807, 2.05) is 18.3 Å². The molecule has 0 aliphatic heterocycles. The van der Waals surface area contributed by atoms with Gasteiger partial charge in [0.05, 0.1) is 17.2 Å². The first-order valence-corrected chi connectivity index (χ1v) is 8.31. The molecular weight excluding hydrogens is 372 g/mol. The Morgan fingerprint density at radius 3 is 2.88 bits per heavy atom. The largest absolute Gasteiger partial charge is 0.293 e. The Balaban J connectivity index is 1.53. The molecule has 1 amide bonds. The SMILES string of the molecule is Cc1ccccc1Cn1cnc(NC(=O)CCn2cc(Br)cn2)n1. The number of anilines is 1. The molecule has 0 aliphatic carbocycles. The summed E-state index contributed by atoms with van der Waals surface area (Å²) >= 11 is 3.32. The summed E-state index contributed by atoms with van der Waals surface area (Å²) in [4.78, 5) is 16.1. The average Bonchev–Trinajstić information content (AvgIpc) is 3.17.